The zero-order valence-corrected chi connectivity index (χ0v) is 9.44. The molecule has 0 aliphatic carbocycles. The van der Waals surface area contributed by atoms with Gasteiger partial charge in [0.1, 0.15) is 5.03 Å². The summed E-state index contributed by atoms with van der Waals surface area (Å²) in [6.45, 7) is 1.91. The molecule has 2 aromatic heterocycles. The van der Waals surface area contributed by atoms with E-state index in [0.717, 1.165) is 17.0 Å². The van der Waals surface area contributed by atoms with E-state index in [2.05, 4.69) is 15.0 Å². The molecule has 2 rings (SSSR count). The molecule has 0 amide bonds. The van der Waals surface area contributed by atoms with Gasteiger partial charge in [-0.3, -0.25) is 4.79 Å². The van der Waals surface area contributed by atoms with Crippen molar-refractivity contribution in [2.75, 3.05) is 0 Å². The van der Waals surface area contributed by atoms with Crippen LogP contribution in [0.25, 0.3) is 0 Å². The molecule has 0 unspecified atom stereocenters. The second-order valence-electron chi connectivity index (χ2n) is 3.13. The zero-order chi connectivity index (χ0) is 11.4. The average molecular weight is 231 g/mol. The maximum Gasteiger partial charge on any atom is 0.194 e. The maximum absolute atomic E-state index is 10.4. The molecule has 2 heterocycles. The number of nitrogens with zero attached hydrogens (tertiary/aromatic N) is 3. The van der Waals surface area contributed by atoms with Crippen LogP contribution in [0.1, 0.15) is 16.1 Å². The summed E-state index contributed by atoms with van der Waals surface area (Å²) in [6.07, 6.45) is 4.01. The highest BCUT2D eigenvalue weighted by Gasteiger charge is 2.01. The highest BCUT2D eigenvalue weighted by Crippen LogP contribution is 2.21. The molecule has 0 aromatic carbocycles. The molecule has 0 atom stereocenters. The quantitative estimate of drug-likeness (QED) is 0.598. The van der Waals surface area contributed by atoms with Crippen LogP contribution in [0.15, 0.2) is 40.8 Å². The number of aryl methyl sites for hydroxylation is 1. The first-order chi connectivity index (χ1) is 7.78. The molecular weight excluding hydrogens is 222 g/mol. The van der Waals surface area contributed by atoms with Gasteiger partial charge in [-0.1, -0.05) is 0 Å². The molecule has 0 N–H and O–H groups in total. The van der Waals surface area contributed by atoms with Crippen molar-refractivity contribution in [1.29, 1.82) is 0 Å². The third-order valence-corrected chi connectivity index (χ3v) is 2.69. The van der Waals surface area contributed by atoms with Gasteiger partial charge in [0.15, 0.2) is 11.4 Å². The molecule has 0 radical (unpaired) electrons. The summed E-state index contributed by atoms with van der Waals surface area (Å²) in [4.78, 5) is 22.9. The Morgan fingerprint density at radius 1 is 1.25 bits per heavy atom. The predicted molar refractivity (Wildman–Crippen MR) is 60.5 cm³/mol. The van der Waals surface area contributed by atoms with E-state index >= 15 is 0 Å². The Hall–Kier alpha value is -1.75. The van der Waals surface area contributed by atoms with E-state index in [-0.39, 0.29) is 0 Å². The van der Waals surface area contributed by atoms with Crippen LogP contribution in [0.5, 0.6) is 0 Å². The van der Waals surface area contributed by atoms with Gasteiger partial charge in [-0.15, -0.1) is 0 Å². The Morgan fingerprint density at radius 3 is 2.75 bits per heavy atom. The van der Waals surface area contributed by atoms with Gasteiger partial charge in [-0.05, 0) is 36.9 Å². The number of hydrogen-bond acceptors (Lipinski definition) is 5. The van der Waals surface area contributed by atoms with Crippen molar-refractivity contribution < 1.29 is 4.79 Å². The van der Waals surface area contributed by atoms with Crippen molar-refractivity contribution in [1.82, 2.24) is 15.0 Å². The van der Waals surface area contributed by atoms with E-state index in [1.54, 1.807) is 18.3 Å². The molecule has 16 heavy (non-hydrogen) atoms. The van der Waals surface area contributed by atoms with E-state index in [1.807, 2.05) is 13.0 Å². The van der Waals surface area contributed by atoms with E-state index in [0.29, 0.717) is 10.7 Å². The summed E-state index contributed by atoms with van der Waals surface area (Å²) in [5, 5.41) is 1.43. The van der Waals surface area contributed by atoms with Gasteiger partial charge in [0, 0.05) is 23.7 Å². The minimum Gasteiger partial charge on any atom is -0.298 e. The number of aromatic nitrogens is 3. The standard InChI is InChI=1S/C11H9N3OS/c1-8-4-5-12-11(14-8)16-10-3-2-9(7-15)6-13-10/h2-7H,1H3. The molecule has 4 nitrogen and oxygen atoms in total. The van der Waals surface area contributed by atoms with Crippen LogP contribution in [0.4, 0.5) is 0 Å². The normalized spacial score (nSPS) is 10.1. The van der Waals surface area contributed by atoms with Crippen molar-refractivity contribution in [2.45, 2.75) is 17.1 Å². The van der Waals surface area contributed by atoms with Crippen LogP contribution in [0.3, 0.4) is 0 Å². The molecule has 2 aromatic rings. The van der Waals surface area contributed by atoms with Gasteiger partial charge in [0.05, 0.1) is 0 Å². The number of hydrogen-bond donors (Lipinski definition) is 0. The number of rotatable bonds is 3. The van der Waals surface area contributed by atoms with Crippen molar-refractivity contribution in [2.24, 2.45) is 0 Å². The number of aldehydes is 1. The van der Waals surface area contributed by atoms with E-state index in [4.69, 9.17) is 0 Å². The average Bonchev–Trinajstić information content (AvgIpc) is 2.30. The Balaban J connectivity index is 2.17. The Morgan fingerprint density at radius 2 is 2.12 bits per heavy atom. The van der Waals surface area contributed by atoms with Crippen LogP contribution in [-0.2, 0) is 0 Å². The lowest BCUT2D eigenvalue weighted by Crippen LogP contribution is -1.89. The topological polar surface area (TPSA) is 55.7 Å². The Kier molecular flexibility index (Phi) is 3.26. The molecule has 0 spiro atoms. The lowest BCUT2D eigenvalue weighted by molar-refractivity contribution is 0.112. The monoisotopic (exact) mass is 231 g/mol. The zero-order valence-electron chi connectivity index (χ0n) is 8.62. The van der Waals surface area contributed by atoms with Gasteiger partial charge >= 0.3 is 0 Å². The Bertz CT molecular complexity index is 499. The van der Waals surface area contributed by atoms with Crippen molar-refractivity contribution in [3.05, 3.63) is 41.9 Å². The first kappa shape index (κ1) is 10.8. The van der Waals surface area contributed by atoms with Crippen molar-refractivity contribution in [3.8, 4) is 0 Å². The van der Waals surface area contributed by atoms with Gasteiger partial charge in [0.25, 0.3) is 0 Å². The van der Waals surface area contributed by atoms with Gasteiger partial charge in [-0.25, -0.2) is 15.0 Å². The number of pyridine rings is 1. The molecule has 0 saturated carbocycles. The van der Waals surface area contributed by atoms with E-state index in [1.165, 1.54) is 18.0 Å². The highest BCUT2D eigenvalue weighted by atomic mass is 32.2. The molecule has 5 heteroatoms. The van der Waals surface area contributed by atoms with E-state index < -0.39 is 0 Å². The molecular formula is C11H9N3OS. The summed E-state index contributed by atoms with van der Waals surface area (Å²) < 4.78 is 0. The minimum atomic E-state index is 0.564. The van der Waals surface area contributed by atoms with Crippen LogP contribution >= 0.6 is 11.8 Å². The highest BCUT2D eigenvalue weighted by molar-refractivity contribution is 7.99. The first-order valence-corrected chi connectivity index (χ1v) is 5.48. The summed E-state index contributed by atoms with van der Waals surface area (Å²) in [5.74, 6) is 0. The second-order valence-corrected chi connectivity index (χ2v) is 4.12. The lowest BCUT2D eigenvalue weighted by atomic mass is 10.3. The minimum absolute atomic E-state index is 0.564. The maximum atomic E-state index is 10.4. The summed E-state index contributed by atoms with van der Waals surface area (Å²) >= 11 is 1.37. The number of carbonyl (C=O) groups is 1. The van der Waals surface area contributed by atoms with Crippen LogP contribution in [0, 0.1) is 6.92 Å². The fourth-order valence-corrected chi connectivity index (χ4v) is 1.82. The SMILES string of the molecule is Cc1ccnc(Sc2ccc(C=O)cn2)n1. The molecule has 0 aliphatic rings. The fourth-order valence-electron chi connectivity index (χ4n) is 1.09. The van der Waals surface area contributed by atoms with Crippen LogP contribution in [0.2, 0.25) is 0 Å². The fraction of sp³-hybridized carbons (Fsp3) is 0.0909. The Labute approximate surface area is 97.2 Å². The predicted octanol–water partition coefficient (Wildman–Crippen LogP) is 2.14. The van der Waals surface area contributed by atoms with Crippen LogP contribution < -0.4 is 0 Å². The summed E-state index contributed by atoms with van der Waals surface area (Å²) in [5.41, 5.74) is 1.48. The van der Waals surface area contributed by atoms with Gasteiger partial charge in [0.2, 0.25) is 0 Å². The largest absolute Gasteiger partial charge is 0.298 e. The lowest BCUT2D eigenvalue weighted by Gasteiger charge is -1.99. The first-order valence-electron chi connectivity index (χ1n) is 4.66. The van der Waals surface area contributed by atoms with Crippen LogP contribution in [-0.4, -0.2) is 21.2 Å². The second kappa shape index (κ2) is 4.85. The summed E-state index contributed by atoms with van der Waals surface area (Å²) in [6, 6.07) is 5.34. The van der Waals surface area contributed by atoms with Crippen molar-refractivity contribution >= 4 is 18.0 Å². The number of carbonyl (C=O) groups excluding carboxylic acids is 1. The van der Waals surface area contributed by atoms with Gasteiger partial charge in [-0.2, -0.15) is 0 Å². The molecule has 80 valence electrons. The molecule has 0 aliphatic heterocycles. The van der Waals surface area contributed by atoms with E-state index in [9.17, 15) is 4.79 Å². The summed E-state index contributed by atoms with van der Waals surface area (Å²) in [7, 11) is 0. The van der Waals surface area contributed by atoms with Crippen molar-refractivity contribution in [3.63, 3.8) is 0 Å². The molecule has 0 saturated heterocycles. The molecule has 0 bridgehead atoms. The third-order valence-electron chi connectivity index (χ3n) is 1.86. The third kappa shape index (κ3) is 2.64. The molecule has 0 fully saturated rings. The van der Waals surface area contributed by atoms with Gasteiger partial charge < -0.3 is 0 Å². The smallest absolute Gasteiger partial charge is 0.194 e.